The Labute approximate surface area is 149 Å². The van der Waals surface area contributed by atoms with Crippen molar-refractivity contribution in [3.8, 4) is 0 Å². The second kappa shape index (κ2) is 9.48. The predicted octanol–water partition coefficient (Wildman–Crippen LogP) is 3.86. The molecule has 2 aromatic rings. The number of urea groups is 1. The summed E-state index contributed by atoms with van der Waals surface area (Å²) in [5, 5.41) is 7.97. The number of carbonyl (C=O) groups excluding carboxylic acids is 2. The molecule has 25 heavy (non-hydrogen) atoms. The monoisotopic (exact) mass is 359 g/mol. The lowest BCUT2D eigenvalue weighted by Gasteiger charge is -2.08. The topological polar surface area (TPSA) is 70.2 Å². The number of amides is 3. The van der Waals surface area contributed by atoms with E-state index in [0.29, 0.717) is 22.8 Å². The smallest absolute Gasteiger partial charge is 0.319 e. The lowest BCUT2D eigenvalue weighted by molar-refractivity contribution is -0.113. The molecule has 0 saturated carbocycles. The Morgan fingerprint density at radius 3 is 2.32 bits per heavy atom. The lowest BCUT2D eigenvalue weighted by atomic mass is 10.3. The maximum absolute atomic E-state index is 13.5. The van der Waals surface area contributed by atoms with Gasteiger partial charge in [-0.3, -0.25) is 4.79 Å². The van der Waals surface area contributed by atoms with Crippen LogP contribution in [0.25, 0.3) is 0 Å². The van der Waals surface area contributed by atoms with E-state index in [-0.39, 0.29) is 23.5 Å². The van der Waals surface area contributed by atoms with Crippen LogP contribution in [-0.4, -0.2) is 24.2 Å². The second-order valence-electron chi connectivity index (χ2n) is 4.97. The predicted molar refractivity (Wildman–Crippen MR) is 99.4 cm³/mol. The molecular weight excluding hydrogens is 341 g/mol. The Balaban J connectivity index is 1.82. The summed E-state index contributed by atoms with van der Waals surface area (Å²) in [5.74, 6) is -0.478. The Hall–Kier alpha value is -2.80. The van der Waals surface area contributed by atoms with E-state index >= 15 is 0 Å². The van der Waals surface area contributed by atoms with Gasteiger partial charge in [-0.25, -0.2) is 9.18 Å². The number of carbonyl (C=O) groups is 2. The first-order valence-corrected chi connectivity index (χ1v) is 8.50. The van der Waals surface area contributed by atoms with Crippen molar-refractivity contribution in [1.82, 2.24) is 5.32 Å². The zero-order valence-corrected chi connectivity index (χ0v) is 14.2. The summed E-state index contributed by atoms with van der Waals surface area (Å²) >= 11 is 1.13. The van der Waals surface area contributed by atoms with Gasteiger partial charge < -0.3 is 16.0 Å². The Morgan fingerprint density at radius 1 is 1.04 bits per heavy atom. The molecule has 0 aliphatic rings. The van der Waals surface area contributed by atoms with Crippen molar-refractivity contribution in [2.75, 3.05) is 22.9 Å². The van der Waals surface area contributed by atoms with Crippen molar-refractivity contribution in [3.63, 3.8) is 0 Å². The fourth-order valence-corrected chi connectivity index (χ4v) is 2.62. The summed E-state index contributed by atoms with van der Waals surface area (Å²) in [6, 6.07) is 12.7. The summed E-state index contributed by atoms with van der Waals surface area (Å²) < 4.78 is 13.5. The van der Waals surface area contributed by atoms with Crippen LogP contribution in [0.4, 0.5) is 20.6 Å². The van der Waals surface area contributed by atoms with Gasteiger partial charge in [0.1, 0.15) is 5.82 Å². The van der Waals surface area contributed by atoms with Crippen LogP contribution in [0.1, 0.15) is 0 Å². The van der Waals surface area contributed by atoms with Crippen LogP contribution in [0.2, 0.25) is 0 Å². The fourth-order valence-electron chi connectivity index (χ4n) is 1.88. The number of anilines is 2. The van der Waals surface area contributed by atoms with Crippen LogP contribution < -0.4 is 16.0 Å². The van der Waals surface area contributed by atoms with Gasteiger partial charge in [0.25, 0.3) is 0 Å². The largest absolute Gasteiger partial charge is 0.334 e. The van der Waals surface area contributed by atoms with Crippen molar-refractivity contribution in [1.29, 1.82) is 0 Å². The maximum atomic E-state index is 13.5. The number of hydrogen-bond donors (Lipinski definition) is 3. The summed E-state index contributed by atoms with van der Waals surface area (Å²) in [5.41, 5.74) is 1.19. The van der Waals surface area contributed by atoms with E-state index < -0.39 is 0 Å². The number of nitrogens with one attached hydrogen (secondary N) is 3. The molecule has 0 fully saturated rings. The number of rotatable bonds is 7. The first-order chi connectivity index (χ1) is 12.1. The molecule has 0 atom stereocenters. The molecule has 0 bridgehead atoms. The quantitative estimate of drug-likeness (QED) is 0.519. The van der Waals surface area contributed by atoms with Gasteiger partial charge in [-0.1, -0.05) is 18.2 Å². The van der Waals surface area contributed by atoms with Crippen LogP contribution >= 0.6 is 11.8 Å². The summed E-state index contributed by atoms with van der Waals surface area (Å²) in [6.45, 7) is 3.89. The molecule has 0 unspecified atom stereocenters. The van der Waals surface area contributed by atoms with Gasteiger partial charge in [0.2, 0.25) is 5.91 Å². The summed E-state index contributed by atoms with van der Waals surface area (Å²) in [6.07, 6.45) is 1.58. The Kier molecular flexibility index (Phi) is 7.03. The van der Waals surface area contributed by atoms with Gasteiger partial charge in [0, 0.05) is 22.8 Å². The molecule has 5 nitrogen and oxygen atoms in total. The van der Waals surface area contributed by atoms with Crippen LogP contribution in [-0.2, 0) is 4.79 Å². The minimum absolute atomic E-state index is 0.102. The van der Waals surface area contributed by atoms with Gasteiger partial charge in [-0.05, 0) is 36.4 Å². The summed E-state index contributed by atoms with van der Waals surface area (Å²) in [4.78, 5) is 23.9. The van der Waals surface area contributed by atoms with E-state index in [2.05, 4.69) is 22.5 Å². The third kappa shape index (κ3) is 6.31. The van der Waals surface area contributed by atoms with E-state index in [9.17, 15) is 14.0 Å². The SMILES string of the molecule is C=CCNC(=O)Nc1ccc(NC(=O)CSc2ccccc2F)cc1. The van der Waals surface area contributed by atoms with Crippen molar-refractivity contribution in [2.45, 2.75) is 4.90 Å². The first kappa shape index (κ1) is 18.5. The van der Waals surface area contributed by atoms with E-state index in [1.165, 1.54) is 6.07 Å². The molecule has 2 aromatic carbocycles. The number of benzene rings is 2. The molecule has 0 aromatic heterocycles. The van der Waals surface area contributed by atoms with Gasteiger partial charge in [-0.2, -0.15) is 0 Å². The van der Waals surface area contributed by atoms with Crippen molar-refractivity contribution in [3.05, 3.63) is 67.0 Å². The molecule has 2 rings (SSSR count). The molecular formula is C18H18FN3O2S. The lowest BCUT2D eigenvalue weighted by Crippen LogP contribution is -2.28. The Bertz CT molecular complexity index is 750. The van der Waals surface area contributed by atoms with Crippen LogP contribution in [0.3, 0.4) is 0 Å². The molecule has 0 spiro atoms. The van der Waals surface area contributed by atoms with Crippen LogP contribution in [0.5, 0.6) is 0 Å². The highest BCUT2D eigenvalue weighted by Crippen LogP contribution is 2.21. The first-order valence-electron chi connectivity index (χ1n) is 7.51. The minimum Gasteiger partial charge on any atom is -0.334 e. The average molecular weight is 359 g/mol. The van der Waals surface area contributed by atoms with E-state index in [1.54, 1.807) is 48.5 Å². The second-order valence-corrected chi connectivity index (χ2v) is 5.99. The molecule has 0 radical (unpaired) electrons. The highest BCUT2D eigenvalue weighted by Gasteiger charge is 2.07. The molecule has 3 amide bonds. The Morgan fingerprint density at radius 2 is 1.68 bits per heavy atom. The van der Waals surface area contributed by atoms with Crippen molar-refractivity contribution >= 4 is 35.1 Å². The zero-order chi connectivity index (χ0) is 18.1. The molecule has 0 aliphatic heterocycles. The van der Waals surface area contributed by atoms with Crippen molar-refractivity contribution in [2.24, 2.45) is 0 Å². The molecule has 7 heteroatoms. The highest BCUT2D eigenvalue weighted by atomic mass is 32.2. The third-order valence-electron chi connectivity index (χ3n) is 3.03. The number of halogens is 1. The molecule has 0 aliphatic carbocycles. The third-order valence-corrected chi connectivity index (χ3v) is 4.08. The number of thioether (sulfide) groups is 1. The van der Waals surface area contributed by atoms with E-state index in [0.717, 1.165) is 11.8 Å². The van der Waals surface area contributed by atoms with E-state index in [1.807, 2.05) is 0 Å². The van der Waals surface area contributed by atoms with Crippen LogP contribution in [0, 0.1) is 5.82 Å². The normalized spacial score (nSPS) is 9.96. The summed E-state index contributed by atoms with van der Waals surface area (Å²) in [7, 11) is 0. The average Bonchev–Trinajstić information content (AvgIpc) is 2.61. The standard InChI is InChI=1S/C18H18FN3O2S/c1-2-11-20-18(24)22-14-9-7-13(8-10-14)21-17(23)12-25-16-6-4-3-5-15(16)19/h2-10H,1,11-12H2,(H,21,23)(H2,20,22,24). The molecule has 3 N–H and O–H groups in total. The van der Waals surface area contributed by atoms with Gasteiger partial charge >= 0.3 is 6.03 Å². The van der Waals surface area contributed by atoms with Crippen molar-refractivity contribution < 1.29 is 14.0 Å². The maximum Gasteiger partial charge on any atom is 0.319 e. The van der Waals surface area contributed by atoms with Gasteiger partial charge in [0.15, 0.2) is 0 Å². The highest BCUT2D eigenvalue weighted by molar-refractivity contribution is 8.00. The molecule has 130 valence electrons. The van der Waals surface area contributed by atoms with Crippen LogP contribution in [0.15, 0.2) is 66.1 Å². The minimum atomic E-state index is -0.342. The fraction of sp³-hybridized carbons (Fsp3) is 0.111. The van der Waals surface area contributed by atoms with E-state index in [4.69, 9.17) is 0 Å². The molecule has 0 heterocycles. The zero-order valence-electron chi connectivity index (χ0n) is 13.4. The molecule has 0 saturated heterocycles. The van der Waals surface area contributed by atoms with Gasteiger partial charge in [-0.15, -0.1) is 18.3 Å². The number of hydrogen-bond acceptors (Lipinski definition) is 3. The van der Waals surface area contributed by atoms with Gasteiger partial charge in [0.05, 0.1) is 5.75 Å².